The zero-order chi connectivity index (χ0) is 12.3. The summed E-state index contributed by atoms with van der Waals surface area (Å²) >= 11 is 0. The third kappa shape index (κ3) is 2.42. The molecule has 0 bridgehead atoms. The maximum Gasteiger partial charge on any atom is 0.324 e. The number of hydrogen-bond acceptors (Lipinski definition) is 3. The van der Waals surface area contributed by atoms with Crippen LogP contribution < -0.4 is 5.32 Å². The minimum atomic E-state index is -0.781. The summed E-state index contributed by atoms with van der Waals surface area (Å²) < 4.78 is 0. The van der Waals surface area contributed by atoms with Crippen LogP contribution in [0.4, 0.5) is 4.79 Å². The molecule has 0 spiro atoms. The molecule has 1 aliphatic rings. The molecule has 1 aromatic carbocycles. The highest BCUT2D eigenvalue weighted by molar-refractivity contribution is 5.99. The highest BCUT2D eigenvalue weighted by atomic mass is 16.2. The van der Waals surface area contributed by atoms with Crippen molar-refractivity contribution < 1.29 is 9.59 Å². The van der Waals surface area contributed by atoms with Gasteiger partial charge in [-0.15, -0.1) is 0 Å². The number of carbonyl (C=O) groups excluding carboxylic acids is 2. The molecule has 1 atom stereocenters. The van der Waals surface area contributed by atoms with Crippen LogP contribution in [0.3, 0.4) is 0 Å². The molecule has 2 rings (SSSR count). The molecule has 0 saturated carbocycles. The molecule has 0 aliphatic carbocycles. The van der Waals surface area contributed by atoms with Crippen LogP contribution in [-0.4, -0.2) is 23.4 Å². The zero-order valence-electron chi connectivity index (χ0n) is 9.09. The van der Waals surface area contributed by atoms with Gasteiger partial charge in [-0.3, -0.25) is 10.1 Å². The Bertz CT molecular complexity index is 478. The second-order valence-corrected chi connectivity index (χ2v) is 3.84. The lowest BCUT2D eigenvalue weighted by Gasteiger charge is -2.29. The molecule has 1 N–H and O–H groups in total. The molecule has 1 unspecified atom stereocenters. The summed E-state index contributed by atoms with van der Waals surface area (Å²) in [5.41, 5.74) is 0.966. The van der Waals surface area contributed by atoms with Crippen LogP contribution in [0.5, 0.6) is 0 Å². The van der Waals surface area contributed by atoms with E-state index in [9.17, 15) is 9.59 Å². The van der Waals surface area contributed by atoms with E-state index in [4.69, 9.17) is 5.26 Å². The van der Waals surface area contributed by atoms with Crippen LogP contribution in [0.2, 0.25) is 0 Å². The maximum atomic E-state index is 11.6. The molecule has 3 amide bonds. The van der Waals surface area contributed by atoms with Crippen molar-refractivity contribution in [3.05, 3.63) is 35.9 Å². The van der Waals surface area contributed by atoms with E-state index in [0.29, 0.717) is 6.54 Å². The fraction of sp³-hybridized carbons (Fsp3) is 0.250. The molecule has 1 aromatic rings. The first kappa shape index (κ1) is 11.1. The summed E-state index contributed by atoms with van der Waals surface area (Å²) in [4.78, 5) is 24.3. The fourth-order valence-electron chi connectivity index (χ4n) is 1.70. The van der Waals surface area contributed by atoms with Crippen LogP contribution in [0, 0.1) is 17.2 Å². The molecule has 1 fully saturated rings. The molecule has 0 radical (unpaired) electrons. The van der Waals surface area contributed by atoms with Crippen LogP contribution in [0.1, 0.15) is 5.56 Å². The summed E-state index contributed by atoms with van der Waals surface area (Å²) in [5, 5.41) is 11.0. The van der Waals surface area contributed by atoms with Gasteiger partial charge in [0.15, 0.2) is 0 Å². The molecular weight excluding hydrogens is 218 g/mol. The third-order valence-corrected chi connectivity index (χ3v) is 2.61. The fourth-order valence-corrected chi connectivity index (χ4v) is 1.70. The molecule has 0 aromatic heterocycles. The van der Waals surface area contributed by atoms with Gasteiger partial charge in [-0.1, -0.05) is 30.3 Å². The van der Waals surface area contributed by atoms with Gasteiger partial charge < -0.3 is 4.90 Å². The van der Waals surface area contributed by atoms with Gasteiger partial charge in [0.05, 0.1) is 6.07 Å². The Labute approximate surface area is 98.6 Å². The Kier molecular flexibility index (Phi) is 3.06. The smallest absolute Gasteiger partial charge is 0.318 e. The second kappa shape index (κ2) is 4.66. The zero-order valence-corrected chi connectivity index (χ0v) is 9.09. The lowest BCUT2D eigenvalue weighted by atomic mass is 10.1. The van der Waals surface area contributed by atoms with Crippen molar-refractivity contribution in [2.75, 3.05) is 6.54 Å². The predicted octanol–water partition coefficient (Wildman–Crippen LogP) is 0.878. The van der Waals surface area contributed by atoms with Crippen molar-refractivity contribution in [2.24, 2.45) is 5.92 Å². The number of urea groups is 1. The van der Waals surface area contributed by atoms with Crippen molar-refractivity contribution in [1.82, 2.24) is 10.2 Å². The Hall–Kier alpha value is -2.35. The van der Waals surface area contributed by atoms with Gasteiger partial charge in [0.1, 0.15) is 5.92 Å². The number of imide groups is 1. The van der Waals surface area contributed by atoms with Gasteiger partial charge in [0.25, 0.3) is 0 Å². The van der Waals surface area contributed by atoms with Crippen LogP contribution in [-0.2, 0) is 11.3 Å². The number of nitriles is 1. The largest absolute Gasteiger partial charge is 0.324 e. The molecule has 17 heavy (non-hydrogen) atoms. The first-order chi connectivity index (χ1) is 8.20. The molecule has 86 valence electrons. The van der Waals surface area contributed by atoms with Crippen LogP contribution in [0.15, 0.2) is 30.3 Å². The number of hydrogen-bond donors (Lipinski definition) is 1. The van der Waals surface area contributed by atoms with Gasteiger partial charge in [-0.2, -0.15) is 5.26 Å². The molecule has 1 aliphatic heterocycles. The van der Waals surface area contributed by atoms with Crippen molar-refractivity contribution in [3.8, 4) is 6.07 Å². The van der Waals surface area contributed by atoms with Crippen molar-refractivity contribution in [1.29, 1.82) is 5.26 Å². The number of carbonyl (C=O) groups is 2. The average molecular weight is 229 g/mol. The Morgan fingerprint density at radius 3 is 2.71 bits per heavy atom. The summed E-state index contributed by atoms with van der Waals surface area (Å²) in [6.45, 7) is 0.550. The van der Waals surface area contributed by atoms with E-state index >= 15 is 0 Å². The van der Waals surface area contributed by atoms with Gasteiger partial charge in [0.2, 0.25) is 5.91 Å². The molecule has 1 heterocycles. The monoisotopic (exact) mass is 229 g/mol. The van der Waals surface area contributed by atoms with Gasteiger partial charge in [-0.05, 0) is 5.56 Å². The SMILES string of the molecule is N#CC1CN(Cc2ccccc2)C(=O)NC1=O. The van der Waals surface area contributed by atoms with Gasteiger partial charge in [-0.25, -0.2) is 4.79 Å². The van der Waals surface area contributed by atoms with Crippen LogP contribution >= 0.6 is 0 Å². The normalized spacial score (nSPS) is 19.7. The lowest BCUT2D eigenvalue weighted by Crippen LogP contribution is -2.53. The number of benzene rings is 1. The number of rotatable bonds is 2. The Morgan fingerprint density at radius 1 is 1.35 bits per heavy atom. The first-order valence-electron chi connectivity index (χ1n) is 5.24. The summed E-state index contributed by atoms with van der Waals surface area (Å²) in [5.74, 6) is -1.29. The minimum Gasteiger partial charge on any atom is -0.318 e. The summed E-state index contributed by atoms with van der Waals surface area (Å²) in [7, 11) is 0. The van der Waals surface area contributed by atoms with Gasteiger partial charge >= 0.3 is 6.03 Å². The van der Waals surface area contributed by atoms with E-state index in [1.807, 2.05) is 36.4 Å². The maximum absolute atomic E-state index is 11.6. The van der Waals surface area contributed by atoms with E-state index in [-0.39, 0.29) is 6.54 Å². The number of nitrogens with one attached hydrogen (secondary N) is 1. The lowest BCUT2D eigenvalue weighted by molar-refractivity contribution is -0.124. The van der Waals surface area contributed by atoms with Crippen LogP contribution in [0.25, 0.3) is 0 Å². The molecule has 1 saturated heterocycles. The van der Waals surface area contributed by atoms with E-state index in [0.717, 1.165) is 5.56 Å². The summed E-state index contributed by atoms with van der Waals surface area (Å²) in [6.07, 6.45) is 0. The average Bonchev–Trinajstić information content (AvgIpc) is 2.34. The van der Waals surface area contributed by atoms with Crippen molar-refractivity contribution >= 4 is 11.9 Å². The standard InChI is InChI=1S/C12H11N3O2/c13-6-10-8-15(12(17)14-11(10)16)7-9-4-2-1-3-5-9/h1-5,10H,7-8H2,(H,14,16,17). The van der Waals surface area contributed by atoms with Crippen molar-refractivity contribution in [2.45, 2.75) is 6.54 Å². The second-order valence-electron chi connectivity index (χ2n) is 3.84. The quantitative estimate of drug-likeness (QED) is 0.818. The van der Waals surface area contributed by atoms with Crippen molar-refractivity contribution in [3.63, 3.8) is 0 Å². The van der Waals surface area contributed by atoms with E-state index in [1.165, 1.54) is 4.90 Å². The van der Waals surface area contributed by atoms with E-state index < -0.39 is 17.9 Å². The number of amides is 3. The minimum absolute atomic E-state index is 0.149. The Morgan fingerprint density at radius 2 is 2.06 bits per heavy atom. The van der Waals surface area contributed by atoms with Gasteiger partial charge in [0, 0.05) is 13.1 Å². The van der Waals surface area contributed by atoms with E-state index in [2.05, 4.69) is 5.32 Å². The Balaban J connectivity index is 2.09. The highest BCUT2D eigenvalue weighted by Crippen LogP contribution is 2.11. The highest BCUT2D eigenvalue weighted by Gasteiger charge is 2.31. The predicted molar refractivity (Wildman–Crippen MR) is 59.5 cm³/mol. The molecular formula is C12H11N3O2. The first-order valence-corrected chi connectivity index (χ1v) is 5.24. The molecule has 5 nitrogen and oxygen atoms in total. The third-order valence-electron chi connectivity index (χ3n) is 2.61. The molecule has 5 heteroatoms. The summed E-state index contributed by atoms with van der Waals surface area (Å²) in [6, 6.07) is 10.9. The number of nitrogens with zero attached hydrogens (tertiary/aromatic N) is 2. The topological polar surface area (TPSA) is 73.2 Å². The van der Waals surface area contributed by atoms with E-state index in [1.54, 1.807) is 0 Å².